The highest BCUT2D eigenvalue weighted by atomic mass is 127. The van der Waals surface area contributed by atoms with Crippen molar-refractivity contribution in [2.24, 2.45) is 10.9 Å². The van der Waals surface area contributed by atoms with Crippen LogP contribution in [0.4, 0.5) is 11.4 Å². The number of hydrogen-bond donors (Lipinski definition) is 3. The second-order valence-corrected chi connectivity index (χ2v) is 6.62. The van der Waals surface area contributed by atoms with E-state index < -0.39 is 0 Å². The molecule has 164 valence electrons. The van der Waals surface area contributed by atoms with E-state index in [1.54, 1.807) is 21.3 Å². The summed E-state index contributed by atoms with van der Waals surface area (Å²) in [7, 11) is 4.91. The van der Waals surface area contributed by atoms with E-state index in [2.05, 4.69) is 20.9 Å². The van der Waals surface area contributed by atoms with Crippen molar-refractivity contribution in [3.8, 4) is 11.5 Å². The smallest absolute Gasteiger partial charge is 0.227 e. The van der Waals surface area contributed by atoms with Gasteiger partial charge in [0, 0.05) is 37.0 Å². The van der Waals surface area contributed by atoms with Gasteiger partial charge in [-0.05, 0) is 36.2 Å². The summed E-state index contributed by atoms with van der Waals surface area (Å²) in [5.74, 6) is 1.94. The van der Waals surface area contributed by atoms with E-state index in [1.165, 1.54) is 0 Å². The van der Waals surface area contributed by atoms with Crippen LogP contribution in [0.2, 0.25) is 0 Å². The highest BCUT2D eigenvalue weighted by Crippen LogP contribution is 2.29. The zero-order valence-corrected chi connectivity index (χ0v) is 20.4. The fraction of sp³-hybridized carbons (Fsp3) is 0.364. The van der Waals surface area contributed by atoms with Gasteiger partial charge in [-0.15, -0.1) is 24.0 Å². The molecule has 0 spiro atoms. The Kier molecular flexibility index (Phi) is 11.0. The summed E-state index contributed by atoms with van der Waals surface area (Å²) in [6, 6.07) is 13.3. The summed E-state index contributed by atoms with van der Waals surface area (Å²) in [6.07, 6.45) is 0.811. The Morgan fingerprint density at radius 1 is 1.03 bits per heavy atom. The minimum Gasteiger partial charge on any atom is -0.493 e. The van der Waals surface area contributed by atoms with Crippen molar-refractivity contribution < 1.29 is 14.3 Å². The maximum atomic E-state index is 12.1. The number of ether oxygens (including phenoxy) is 2. The average Bonchev–Trinajstić information content (AvgIpc) is 2.75. The van der Waals surface area contributed by atoms with Crippen molar-refractivity contribution in [2.75, 3.05) is 31.9 Å². The molecule has 1 amide bonds. The summed E-state index contributed by atoms with van der Waals surface area (Å²) < 4.78 is 10.6. The molecule has 0 aromatic heterocycles. The van der Waals surface area contributed by atoms with Gasteiger partial charge in [0.05, 0.1) is 14.2 Å². The number of nitrogens with zero attached hydrogens (tertiary/aromatic N) is 1. The number of nitrogens with one attached hydrogen (secondary N) is 3. The Bertz CT molecular complexity index is 858. The highest BCUT2D eigenvalue weighted by Gasteiger charge is 2.11. The lowest BCUT2D eigenvalue weighted by molar-refractivity contribution is -0.119. The predicted molar refractivity (Wildman–Crippen MR) is 133 cm³/mol. The van der Waals surface area contributed by atoms with Crippen molar-refractivity contribution in [1.29, 1.82) is 0 Å². The maximum absolute atomic E-state index is 12.1. The molecule has 0 heterocycles. The molecule has 30 heavy (non-hydrogen) atoms. The normalized spacial score (nSPS) is 11.7. The van der Waals surface area contributed by atoms with Crippen molar-refractivity contribution in [3.05, 3.63) is 48.0 Å². The fourth-order valence-electron chi connectivity index (χ4n) is 2.63. The second kappa shape index (κ2) is 12.9. The number of benzene rings is 2. The quantitative estimate of drug-likeness (QED) is 0.268. The molecule has 8 heteroatoms. The minimum absolute atomic E-state index is 0. The molecule has 1 atom stereocenters. The fourth-order valence-corrected chi connectivity index (χ4v) is 2.63. The third-order valence-corrected chi connectivity index (χ3v) is 4.58. The SMILES string of the molecule is CCC(C)C(=O)Nc1cccc(CNC(=NC)Nc2ccc(OC)c(OC)c2)c1.I. The molecule has 1 unspecified atom stereocenters. The van der Waals surface area contributed by atoms with Crippen LogP contribution in [-0.4, -0.2) is 33.1 Å². The molecular formula is C22H31IN4O3. The molecule has 3 N–H and O–H groups in total. The van der Waals surface area contributed by atoms with Crippen molar-refractivity contribution in [2.45, 2.75) is 26.8 Å². The summed E-state index contributed by atoms with van der Waals surface area (Å²) in [5, 5.41) is 9.46. The van der Waals surface area contributed by atoms with Crippen LogP contribution in [0.15, 0.2) is 47.5 Å². The van der Waals surface area contributed by atoms with Crippen LogP contribution in [-0.2, 0) is 11.3 Å². The zero-order valence-electron chi connectivity index (χ0n) is 18.1. The number of aliphatic imine (C=N–C) groups is 1. The maximum Gasteiger partial charge on any atom is 0.227 e. The van der Waals surface area contributed by atoms with Crippen LogP contribution in [0, 0.1) is 5.92 Å². The molecule has 0 fully saturated rings. The van der Waals surface area contributed by atoms with Gasteiger partial charge in [-0.2, -0.15) is 0 Å². The third-order valence-electron chi connectivity index (χ3n) is 4.58. The first kappa shape index (κ1) is 25.5. The van der Waals surface area contributed by atoms with Crippen molar-refractivity contribution in [3.63, 3.8) is 0 Å². The van der Waals surface area contributed by atoms with Gasteiger partial charge < -0.3 is 25.4 Å². The van der Waals surface area contributed by atoms with Gasteiger partial charge >= 0.3 is 0 Å². The third kappa shape index (κ3) is 7.40. The van der Waals surface area contributed by atoms with Gasteiger partial charge in [-0.25, -0.2) is 0 Å². The first-order valence-electron chi connectivity index (χ1n) is 9.60. The monoisotopic (exact) mass is 526 g/mol. The molecule has 0 aliphatic carbocycles. The molecular weight excluding hydrogens is 495 g/mol. The summed E-state index contributed by atoms with van der Waals surface area (Å²) in [5.41, 5.74) is 2.64. The number of amides is 1. The number of anilines is 2. The van der Waals surface area contributed by atoms with Gasteiger partial charge in [-0.3, -0.25) is 9.79 Å². The second-order valence-electron chi connectivity index (χ2n) is 6.62. The Morgan fingerprint density at radius 2 is 1.73 bits per heavy atom. The first-order chi connectivity index (χ1) is 14.0. The number of carbonyl (C=O) groups is 1. The lowest BCUT2D eigenvalue weighted by atomic mass is 10.1. The molecule has 0 aliphatic heterocycles. The molecule has 7 nitrogen and oxygen atoms in total. The molecule has 2 rings (SSSR count). The first-order valence-corrected chi connectivity index (χ1v) is 9.60. The number of guanidine groups is 1. The molecule has 0 saturated heterocycles. The van der Waals surface area contributed by atoms with Gasteiger partial charge in [0.25, 0.3) is 0 Å². The van der Waals surface area contributed by atoms with Crippen LogP contribution in [0.25, 0.3) is 0 Å². The summed E-state index contributed by atoms with van der Waals surface area (Å²) in [4.78, 5) is 16.3. The average molecular weight is 526 g/mol. The Hall–Kier alpha value is -2.49. The molecule has 0 saturated carbocycles. The van der Waals surface area contributed by atoms with Crippen molar-refractivity contribution in [1.82, 2.24) is 5.32 Å². The van der Waals surface area contributed by atoms with E-state index in [1.807, 2.05) is 56.3 Å². The zero-order chi connectivity index (χ0) is 21.2. The number of halogens is 1. The van der Waals surface area contributed by atoms with E-state index in [4.69, 9.17) is 9.47 Å². The molecule has 2 aromatic carbocycles. The lowest BCUT2D eigenvalue weighted by Crippen LogP contribution is -2.30. The van der Waals surface area contributed by atoms with Crippen LogP contribution in [0.5, 0.6) is 11.5 Å². The molecule has 0 bridgehead atoms. The van der Waals surface area contributed by atoms with E-state index >= 15 is 0 Å². The van der Waals surface area contributed by atoms with Crippen LogP contribution in [0.1, 0.15) is 25.8 Å². The number of hydrogen-bond acceptors (Lipinski definition) is 4. The topological polar surface area (TPSA) is 84.0 Å². The molecule has 2 aromatic rings. The van der Waals surface area contributed by atoms with Crippen LogP contribution < -0.4 is 25.4 Å². The Morgan fingerprint density at radius 3 is 2.37 bits per heavy atom. The Labute approximate surface area is 195 Å². The highest BCUT2D eigenvalue weighted by molar-refractivity contribution is 14.0. The number of carbonyl (C=O) groups excluding carboxylic acids is 1. The summed E-state index contributed by atoms with van der Waals surface area (Å²) >= 11 is 0. The van der Waals surface area contributed by atoms with Crippen molar-refractivity contribution >= 4 is 47.2 Å². The standard InChI is InChI=1S/C22H30N4O3.HI/c1-6-15(2)21(27)25-17-9-7-8-16(12-17)14-24-22(23-3)26-18-10-11-19(28-4)20(13-18)29-5;/h7-13,15H,6,14H2,1-5H3,(H,25,27)(H2,23,24,26);1H. The molecule has 0 radical (unpaired) electrons. The van der Waals surface area contributed by atoms with E-state index in [0.29, 0.717) is 24.0 Å². The van der Waals surface area contributed by atoms with E-state index in [0.717, 1.165) is 23.4 Å². The Balaban J connectivity index is 0.00000450. The van der Waals surface area contributed by atoms with Gasteiger partial charge in [0.2, 0.25) is 5.91 Å². The predicted octanol–water partition coefficient (Wildman–Crippen LogP) is 4.49. The van der Waals surface area contributed by atoms with Crippen LogP contribution >= 0.6 is 24.0 Å². The van der Waals surface area contributed by atoms with E-state index in [-0.39, 0.29) is 35.8 Å². The van der Waals surface area contributed by atoms with E-state index in [9.17, 15) is 4.79 Å². The van der Waals surface area contributed by atoms with Gasteiger partial charge in [-0.1, -0.05) is 26.0 Å². The number of methoxy groups -OCH3 is 2. The summed E-state index contributed by atoms with van der Waals surface area (Å²) in [6.45, 7) is 4.48. The lowest BCUT2D eigenvalue weighted by Gasteiger charge is -2.15. The van der Waals surface area contributed by atoms with Crippen LogP contribution in [0.3, 0.4) is 0 Å². The molecule has 0 aliphatic rings. The van der Waals surface area contributed by atoms with Gasteiger partial charge in [0.1, 0.15) is 0 Å². The minimum atomic E-state index is -0.0127. The number of rotatable bonds is 8. The largest absolute Gasteiger partial charge is 0.493 e. The van der Waals surface area contributed by atoms with Gasteiger partial charge in [0.15, 0.2) is 17.5 Å².